The van der Waals surface area contributed by atoms with Crippen LogP contribution in [0.3, 0.4) is 0 Å². The van der Waals surface area contributed by atoms with E-state index in [1.165, 1.54) is 11.3 Å². The minimum atomic E-state index is 0.722. The fourth-order valence-electron chi connectivity index (χ4n) is 0.300. The average molecular weight is 98.1 g/mol. The first kappa shape index (κ1) is 4.26. The van der Waals surface area contributed by atoms with Crippen molar-refractivity contribution in [3.8, 4) is 0 Å². The molecule has 0 aromatic carbocycles. The van der Waals surface area contributed by atoms with Crippen LogP contribution in [0.25, 0.3) is 0 Å². The van der Waals surface area contributed by atoms with Crippen molar-refractivity contribution in [2.24, 2.45) is 10.9 Å². The molecule has 0 aromatic heterocycles. The Labute approximate surface area is 41.3 Å². The first-order valence-corrected chi connectivity index (χ1v) is 1.92. The zero-order valence-corrected chi connectivity index (χ0v) is 4.00. The Kier molecular flexibility index (Phi) is 0.796. The lowest BCUT2D eigenvalue weighted by atomic mass is 10.7. The standard InChI is InChI=1S/C3H6N4/c1-3-6-5-2-7(3)4/h2H,4H2,1H3/q+1. The maximum Gasteiger partial charge on any atom is 0.342 e. The predicted molar refractivity (Wildman–Crippen MR) is 27.3 cm³/mol. The molecule has 0 aromatic rings. The molecule has 0 saturated heterocycles. The van der Waals surface area contributed by atoms with Crippen molar-refractivity contribution in [2.75, 3.05) is 0 Å². The Morgan fingerprint density at radius 1 is 2.00 bits per heavy atom. The van der Waals surface area contributed by atoms with E-state index in [0.717, 1.165) is 5.84 Å². The molecule has 0 aliphatic carbocycles. The highest BCUT2D eigenvalue weighted by atomic mass is 15.5. The molecular formula is C3H6N4+. The Balaban J connectivity index is 2.69. The fraction of sp³-hybridized carbons (Fsp3) is 0.333. The van der Waals surface area contributed by atoms with Crippen LogP contribution < -0.4 is 10.9 Å². The largest absolute Gasteiger partial charge is 0.342 e. The van der Waals surface area contributed by atoms with Crippen LogP contribution in [0.1, 0.15) is 6.92 Å². The van der Waals surface area contributed by atoms with Gasteiger partial charge in [-0.25, -0.2) is 0 Å². The molecule has 0 unspecified atom stereocenters. The van der Waals surface area contributed by atoms with E-state index in [0.29, 0.717) is 0 Å². The molecule has 1 aliphatic heterocycles. The lowest BCUT2D eigenvalue weighted by Crippen LogP contribution is -2.32. The van der Waals surface area contributed by atoms with Gasteiger partial charge in [0, 0.05) is 12.0 Å². The van der Waals surface area contributed by atoms with Crippen LogP contribution in [0.4, 0.5) is 0 Å². The van der Waals surface area contributed by atoms with Gasteiger partial charge in [0.25, 0.3) is 0 Å². The molecule has 0 amide bonds. The Bertz CT molecular complexity index is 125. The third-order valence-electron chi connectivity index (χ3n) is 0.752. The van der Waals surface area contributed by atoms with Gasteiger partial charge in [0.05, 0.1) is 5.10 Å². The van der Waals surface area contributed by atoms with Crippen LogP contribution in [-0.2, 0) is 0 Å². The topological polar surface area (TPSA) is 55.7 Å². The Morgan fingerprint density at radius 3 is 2.86 bits per heavy atom. The van der Waals surface area contributed by atoms with Crippen LogP contribution in [0.2, 0.25) is 0 Å². The Morgan fingerprint density at radius 2 is 2.71 bits per heavy atom. The molecule has 1 rings (SSSR count). The molecule has 7 heavy (non-hydrogen) atoms. The second-order valence-electron chi connectivity index (χ2n) is 1.29. The highest BCUT2D eigenvalue weighted by molar-refractivity contribution is 5.91. The summed E-state index contributed by atoms with van der Waals surface area (Å²) in [6, 6.07) is 0. The van der Waals surface area contributed by atoms with E-state index >= 15 is 0 Å². The molecule has 0 bridgehead atoms. The van der Waals surface area contributed by atoms with Crippen molar-refractivity contribution in [2.45, 2.75) is 6.92 Å². The van der Waals surface area contributed by atoms with E-state index in [1.807, 2.05) is 0 Å². The number of amidine groups is 1. The normalized spacial score (nSPS) is 18.0. The molecule has 0 saturated carbocycles. The van der Waals surface area contributed by atoms with Gasteiger partial charge in [-0.2, -0.15) is 5.84 Å². The van der Waals surface area contributed by atoms with E-state index in [-0.39, 0.29) is 0 Å². The average Bonchev–Trinajstić information content (AvgIpc) is 1.91. The number of hydrazine groups is 1. The lowest BCUT2D eigenvalue weighted by Gasteiger charge is -1.88. The summed E-state index contributed by atoms with van der Waals surface area (Å²) in [5.41, 5.74) is 0. The van der Waals surface area contributed by atoms with E-state index in [1.54, 1.807) is 6.92 Å². The van der Waals surface area contributed by atoms with Crippen molar-refractivity contribution >= 4 is 12.2 Å². The summed E-state index contributed by atoms with van der Waals surface area (Å²) >= 11 is 0. The van der Waals surface area contributed by atoms with Crippen molar-refractivity contribution in [1.82, 2.24) is 10.1 Å². The van der Waals surface area contributed by atoms with Crippen LogP contribution in [0.5, 0.6) is 0 Å². The number of hydrogen-bond acceptors (Lipinski definition) is 4. The molecular weight excluding hydrogens is 92.1 g/mol. The maximum absolute atomic E-state index is 5.23. The van der Waals surface area contributed by atoms with Crippen molar-refractivity contribution < 1.29 is 0 Å². The molecule has 2 N–H and O–H groups in total. The second kappa shape index (κ2) is 1.31. The Hall–Kier alpha value is -0.900. The number of rotatable bonds is 0. The summed E-state index contributed by atoms with van der Waals surface area (Å²) in [5.74, 6) is 5.95. The molecule has 0 fully saturated rings. The van der Waals surface area contributed by atoms with E-state index in [4.69, 9.17) is 5.84 Å². The van der Waals surface area contributed by atoms with E-state index < -0.39 is 0 Å². The van der Waals surface area contributed by atoms with Crippen LogP contribution >= 0.6 is 0 Å². The zero-order chi connectivity index (χ0) is 5.28. The van der Waals surface area contributed by atoms with Crippen molar-refractivity contribution in [3.63, 3.8) is 0 Å². The monoisotopic (exact) mass is 98.1 g/mol. The van der Waals surface area contributed by atoms with Crippen molar-refractivity contribution in [3.05, 3.63) is 0 Å². The highest BCUT2D eigenvalue weighted by Crippen LogP contribution is 1.78. The fourth-order valence-corrected chi connectivity index (χ4v) is 0.300. The summed E-state index contributed by atoms with van der Waals surface area (Å²) in [6.07, 6.45) is 1.45. The quantitative estimate of drug-likeness (QED) is 0.390. The van der Waals surface area contributed by atoms with Crippen LogP contribution in [0.15, 0.2) is 5.10 Å². The van der Waals surface area contributed by atoms with Gasteiger partial charge in [0.15, 0.2) is 0 Å². The predicted octanol–water partition coefficient (Wildman–Crippen LogP) is -1.13. The molecule has 0 spiro atoms. The van der Waals surface area contributed by atoms with Crippen LogP contribution in [-0.4, -0.2) is 17.2 Å². The molecule has 1 aliphatic rings. The molecule has 1 heterocycles. The number of nitrogens with two attached hydrogens (primary N) is 1. The molecule has 37 valence electrons. The third-order valence-corrected chi connectivity index (χ3v) is 0.752. The summed E-state index contributed by atoms with van der Waals surface area (Å²) in [4.78, 5) is 0. The summed E-state index contributed by atoms with van der Waals surface area (Å²) in [7, 11) is 0. The molecule has 1 radical (unpaired) electrons. The van der Waals surface area contributed by atoms with Gasteiger partial charge >= 0.3 is 5.84 Å². The first-order chi connectivity index (χ1) is 3.30. The van der Waals surface area contributed by atoms with Gasteiger partial charge in [-0.3, -0.25) is 0 Å². The minimum Gasteiger partial charge on any atom is -0.168 e. The van der Waals surface area contributed by atoms with Gasteiger partial charge in [0.2, 0.25) is 6.34 Å². The van der Waals surface area contributed by atoms with Gasteiger partial charge in [-0.1, -0.05) is 0 Å². The lowest BCUT2D eigenvalue weighted by molar-refractivity contribution is 0.683. The number of hydrogen-bond donors (Lipinski definition) is 1. The number of nitrogens with zero attached hydrogens (tertiary/aromatic N) is 3. The van der Waals surface area contributed by atoms with E-state index in [2.05, 4.69) is 10.2 Å². The first-order valence-electron chi connectivity index (χ1n) is 1.92. The second-order valence-corrected chi connectivity index (χ2v) is 1.29. The summed E-state index contributed by atoms with van der Waals surface area (Å²) in [5, 5.41) is 8.47. The van der Waals surface area contributed by atoms with E-state index in [9.17, 15) is 0 Å². The van der Waals surface area contributed by atoms with Gasteiger partial charge in [0.1, 0.15) is 0 Å². The molecule has 0 atom stereocenters. The molecule has 4 nitrogen and oxygen atoms in total. The summed E-state index contributed by atoms with van der Waals surface area (Å²) < 4.78 is 0. The van der Waals surface area contributed by atoms with Crippen molar-refractivity contribution in [1.29, 1.82) is 0 Å². The summed E-state index contributed by atoms with van der Waals surface area (Å²) in [6.45, 7) is 1.78. The molecule has 4 heteroatoms. The highest BCUT2D eigenvalue weighted by Gasteiger charge is 2.14. The smallest absolute Gasteiger partial charge is 0.168 e. The van der Waals surface area contributed by atoms with Gasteiger partial charge < -0.3 is 0 Å². The minimum absolute atomic E-state index is 0.722. The van der Waals surface area contributed by atoms with Crippen LogP contribution in [0, 0.1) is 0 Å². The van der Waals surface area contributed by atoms with Gasteiger partial charge in [-0.15, -0.1) is 5.01 Å². The maximum atomic E-state index is 5.23. The SMILES string of the molecule is CC1=[N+]N=CN1N. The third kappa shape index (κ3) is 0.592. The zero-order valence-electron chi connectivity index (χ0n) is 4.00. The van der Waals surface area contributed by atoms with Gasteiger partial charge in [-0.05, 0) is 0 Å².